The number of ether oxygens (including phenoxy) is 3. The van der Waals surface area contributed by atoms with Gasteiger partial charge in [-0.25, -0.2) is 4.79 Å². The average molecular weight is 337 g/mol. The van der Waals surface area contributed by atoms with Crippen LogP contribution in [0.2, 0.25) is 0 Å². The van der Waals surface area contributed by atoms with Crippen molar-refractivity contribution in [1.29, 1.82) is 0 Å². The number of thiophene rings is 1. The number of fused-ring (bicyclic) bond motifs is 1. The molecule has 0 bridgehead atoms. The normalized spacial score (nSPS) is 11.0. The van der Waals surface area contributed by atoms with E-state index in [2.05, 4.69) is 19.2 Å². The standard InChI is InChI=1S/C17H23NO4S/c1-10(2)7-18-8-11-6-13(20-3)16-14(15(11)21-4)12(9-23-16)17(19)22-5/h6,9-10,18H,7-8H2,1-5H3. The monoisotopic (exact) mass is 337 g/mol. The highest BCUT2D eigenvalue weighted by atomic mass is 32.1. The lowest BCUT2D eigenvalue weighted by molar-refractivity contribution is 0.0603. The molecule has 1 aromatic heterocycles. The molecule has 126 valence electrons. The highest BCUT2D eigenvalue weighted by Crippen LogP contribution is 2.42. The van der Waals surface area contributed by atoms with Gasteiger partial charge in [0, 0.05) is 17.5 Å². The van der Waals surface area contributed by atoms with E-state index in [1.807, 2.05) is 6.07 Å². The molecule has 2 aromatic rings. The predicted octanol–water partition coefficient (Wildman–Crippen LogP) is 3.45. The first-order valence-electron chi connectivity index (χ1n) is 7.47. The van der Waals surface area contributed by atoms with Crippen molar-refractivity contribution >= 4 is 27.4 Å². The number of nitrogens with one attached hydrogen (secondary N) is 1. The van der Waals surface area contributed by atoms with Gasteiger partial charge >= 0.3 is 5.97 Å². The van der Waals surface area contributed by atoms with Crippen LogP contribution >= 0.6 is 11.3 Å². The Morgan fingerprint density at radius 3 is 2.57 bits per heavy atom. The van der Waals surface area contributed by atoms with Crippen LogP contribution in [0, 0.1) is 5.92 Å². The molecule has 1 N–H and O–H groups in total. The summed E-state index contributed by atoms with van der Waals surface area (Å²) in [6.07, 6.45) is 0. The summed E-state index contributed by atoms with van der Waals surface area (Å²) in [4.78, 5) is 12.0. The minimum Gasteiger partial charge on any atom is -0.496 e. The van der Waals surface area contributed by atoms with Gasteiger partial charge in [0.15, 0.2) is 0 Å². The first kappa shape index (κ1) is 17.6. The Bertz CT molecular complexity index is 693. The molecule has 0 unspecified atom stereocenters. The van der Waals surface area contributed by atoms with E-state index in [0.29, 0.717) is 23.8 Å². The highest BCUT2D eigenvalue weighted by molar-refractivity contribution is 7.18. The molecule has 0 spiro atoms. The maximum atomic E-state index is 12.0. The van der Waals surface area contributed by atoms with Gasteiger partial charge in [-0.05, 0) is 18.5 Å². The van der Waals surface area contributed by atoms with Crippen molar-refractivity contribution in [2.45, 2.75) is 20.4 Å². The smallest absolute Gasteiger partial charge is 0.339 e. The molecule has 0 radical (unpaired) electrons. The lowest BCUT2D eigenvalue weighted by atomic mass is 10.1. The molecule has 2 rings (SSSR count). The zero-order valence-corrected chi connectivity index (χ0v) is 15.0. The molecular weight excluding hydrogens is 314 g/mol. The maximum absolute atomic E-state index is 12.0. The first-order valence-corrected chi connectivity index (χ1v) is 8.35. The zero-order valence-electron chi connectivity index (χ0n) is 14.2. The summed E-state index contributed by atoms with van der Waals surface area (Å²) in [5, 5.41) is 5.94. The molecular formula is C17H23NO4S. The number of hydrogen-bond donors (Lipinski definition) is 1. The molecule has 1 heterocycles. The fourth-order valence-corrected chi connectivity index (χ4v) is 3.52. The van der Waals surface area contributed by atoms with Crippen molar-refractivity contribution in [3.8, 4) is 11.5 Å². The number of rotatable bonds is 7. The second-order valence-electron chi connectivity index (χ2n) is 5.64. The van der Waals surface area contributed by atoms with E-state index in [9.17, 15) is 4.79 Å². The Labute approximate surface area is 140 Å². The highest BCUT2D eigenvalue weighted by Gasteiger charge is 2.22. The van der Waals surface area contributed by atoms with Crippen molar-refractivity contribution in [3.63, 3.8) is 0 Å². The number of carbonyl (C=O) groups excluding carboxylic acids is 1. The average Bonchev–Trinajstić information content (AvgIpc) is 2.97. The Morgan fingerprint density at radius 1 is 1.26 bits per heavy atom. The van der Waals surface area contributed by atoms with Crippen LogP contribution in [0.25, 0.3) is 10.1 Å². The number of methoxy groups -OCH3 is 3. The SMILES string of the molecule is COC(=O)c1csc2c(OC)cc(CNCC(C)C)c(OC)c12. The second kappa shape index (κ2) is 7.66. The molecule has 0 fully saturated rings. The van der Waals surface area contributed by atoms with Crippen molar-refractivity contribution in [3.05, 3.63) is 22.6 Å². The summed E-state index contributed by atoms with van der Waals surface area (Å²) < 4.78 is 16.9. The molecule has 0 aliphatic heterocycles. The Balaban J connectivity index is 2.56. The Kier molecular flexibility index (Phi) is 5.85. The van der Waals surface area contributed by atoms with E-state index in [4.69, 9.17) is 14.2 Å². The van der Waals surface area contributed by atoms with Crippen molar-refractivity contribution < 1.29 is 19.0 Å². The quantitative estimate of drug-likeness (QED) is 0.784. The summed E-state index contributed by atoms with van der Waals surface area (Å²) in [5.41, 5.74) is 1.47. The topological polar surface area (TPSA) is 56.8 Å². The molecule has 5 nitrogen and oxygen atoms in total. The first-order chi connectivity index (χ1) is 11.0. The third-order valence-electron chi connectivity index (χ3n) is 3.54. The number of hydrogen-bond acceptors (Lipinski definition) is 6. The van der Waals surface area contributed by atoms with E-state index in [0.717, 1.165) is 27.9 Å². The largest absolute Gasteiger partial charge is 0.496 e. The molecule has 6 heteroatoms. The minimum atomic E-state index is -0.371. The van der Waals surface area contributed by atoms with E-state index < -0.39 is 0 Å². The summed E-state index contributed by atoms with van der Waals surface area (Å²) >= 11 is 1.45. The summed E-state index contributed by atoms with van der Waals surface area (Å²) in [7, 11) is 4.62. The van der Waals surface area contributed by atoms with Crippen molar-refractivity contribution in [2.24, 2.45) is 5.92 Å². The van der Waals surface area contributed by atoms with E-state index in [-0.39, 0.29) is 5.97 Å². The van der Waals surface area contributed by atoms with Crippen LogP contribution in [-0.4, -0.2) is 33.8 Å². The summed E-state index contributed by atoms with van der Waals surface area (Å²) in [6, 6.07) is 1.96. The van der Waals surface area contributed by atoms with Crippen LogP contribution in [0.15, 0.2) is 11.4 Å². The van der Waals surface area contributed by atoms with Crippen LogP contribution < -0.4 is 14.8 Å². The van der Waals surface area contributed by atoms with Gasteiger partial charge in [0.25, 0.3) is 0 Å². The van der Waals surface area contributed by atoms with E-state index in [1.165, 1.54) is 18.4 Å². The van der Waals surface area contributed by atoms with Crippen LogP contribution in [0.3, 0.4) is 0 Å². The van der Waals surface area contributed by atoms with Gasteiger partial charge in [0.05, 0.1) is 37.0 Å². The third-order valence-corrected chi connectivity index (χ3v) is 4.53. The lowest BCUT2D eigenvalue weighted by Crippen LogP contribution is -2.19. The zero-order chi connectivity index (χ0) is 17.0. The van der Waals surface area contributed by atoms with Gasteiger partial charge in [-0.3, -0.25) is 0 Å². The molecule has 23 heavy (non-hydrogen) atoms. The summed E-state index contributed by atoms with van der Waals surface area (Å²) in [6.45, 7) is 5.85. The van der Waals surface area contributed by atoms with Crippen LogP contribution in [-0.2, 0) is 11.3 Å². The molecule has 0 aliphatic carbocycles. The maximum Gasteiger partial charge on any atom is 0.339 e. The van der Waals surface area contributed by atoms with Gasteiger partial charge in [0.2, 0.25) is 0 Å². The predicted molar refractivity (Wildman–Crippen MR) is 92.8 cm³/mol. The van der Waals surface area contributed by atoms with Crippen molar-refractivity contribution in [1.82, 2.24) is 5.32 Å². The Hall–Kier alpha value is -1.79. The fraction of sp³-hybridized carbons (Fsp3) is 0.471. The second-order valence-corrected chi connectivity index (χ2v) is 6.52. The van der Waals surface area contributed by atoms with Crippen LogP contribution in [0.4, 0.5) is 0 Å². The number of esters is 1. The molecule has 1 aromatic carbocycles. The van der Waals surface area contributed by atoms with Gasteiger partial charge in [-0.1, -0.05) is 13.8 Å². The van der Waals surface area contributed by atoms with Gasteiger partial charge in [0.1, 0.15) is 11.5 Å². The fourth-order valence-electron chi connectivity index (χ4n) is 2.49. The van der Waals surface area contributed by atoms with Crippen LogP contribution in [0.5, 0.6) is 11.5 Å². The van der Waals surface area contributed by atoms with E-state index >= 15 is 0 Å². The number of benzene rings is 1. The minimum absolute atomic E-state index is 0.371. The van der Waals surface area contributed by atoms with E-state index in [1.54, 1.807) is 19.6 Å². The van der Waals surface area contributed by atoms with Crippen molar-refractivity contribution in [2.75, 3.05) is 27.9 Å². The van der Waals surface area contributed by atoms with Crippen LogP contribution in [0.1, 0.15) is 29.8 Å². The van der Waals surface area contributed by atoms with Gasteiger partial charge in [-0.2, -0.15) is 0 Å². The lowest BCUT2D eigenvalue weighted by Gasteiger charge is -2.15. The molecule has 0 atom stereocenters. The van der Waals surface area contributed by atoms with Gasteiger partial charge in [-0.15, -0.1) is 11.3 Å². The molecule has 0 aliphatic rings. The number of carbonyl (C=O) groups is 1. The third kappa shape index (κ3) is 3.59. The molecule has 0 saturated carbocycles. The molecule has 0 saturated heterocycles. The molecule has 0 amide bonds. The Morgan fingerprint density at radius 2 is 2.00 bits per heavy atom. The summed E-state index contributed by atoms with van der Waals surface area (Å²) in [5.74, 6) is 1.61. The van der Waals surface area contributed by atoms with Gasteiger partial charge < -0.3 is 19.5 Å².